The fraction of sp³-hybridized carbons (Fsp3) is 0.389. The van der Waals surface area contributed by atoms with Crippen LogP contribution in [0.2, 0.25) is 0 Å². The van der Waals surface area contributed by atoms with E-state index in [1.165, 1.54) is 32.4 Å². The molecule has 0 fully saturated rings. The Morgan fingerprint density at radius 2 is 1.90 bits per heavy atom. The van der Waals surface area contributed by atoms with Gasteiger partial charge in [-0.3, -0.25) is 0 Å². The summed E-state index contributed by atoms with van der Waals surface area (Å²) in [5.41, 5.74) is -0.655. The molecule has 0 radical (unpaired) electrons. The Kier molecular flexibility index (Phi) is 7.21. The molecule has 2 N–H and O–H groups in total. The molecular formula is C18H22F3N5O3. The highest BCUT2D eigenvalue weighted by Gasteiger charge is 2.34. The molecular weight excluding hydrogens is 391 g/mol. The van der Waals surface area contributed by atoms with Gasteiger partial charge < -0.3 is 25.0 Å². The highest BCUT2D eigenvalue weighted by atomic mass is 19.4. The number of likely N-dealkylation sites (N-methyl/N-ethyl adjacent to an activating group) is 1. The van der Waals surface area contributed by atoms with Crippen LogP contribution in [0.4, 0.5) is 30.6 Å². The summed E-state index contributed by atoms with van der Waals surface area (Å²) in [5, 5.41) is 5.53. The van der Waals surface area contributed by atoms with Crippen LogP contribution < -0.4 is 15.4 Å². The smallest absolute Gasteiger partial charge is 0.433 e. The van der Waals surface area contributed by atoms with Crippen molar-refractivity contribution in [3.63, 3.8) is 0 Å². The van der Waals surface area contributed by atoms with Gasteiger partial charge in [0, 0.05) is 19.2 Å². The predicted molar refractivity (Wildman–Crippen MR) is 102 cm³/mol. The fourth-order valence-electron chi connectivity index (χ4n) is 2.32. The maximum absolute atomic E-state index is 13.3. The van der Waals surface area contributed by atoms with E-state index in [9.17, 15) is 18.0 Å². The van der Waals surface area contributed by atoms with Crippen molar-refractivity contribution in [3.05, 3.63) is 35.5 Å². The summed E-state index contributed by atoms with van der Waals surface area (Å²) in [7, 11) is 6.30. The zero-order valence-corrected chi connectivity index (χ0v) is 16.4. The summed E-state index contributed by atoms with van der Waals surface area (Å²) in [4.78, 5) is 21.2. The maximum atomic E-state index is 13.3. The van der Waals surface area contributed by atoms with E-state index in [0.29, 0.717) is 18.8 Å². The first-order valence-corrected chi connectivity index (χ1v) is 8.52. The Morgan fingerprint density at radius 1 is 1.17 bits per heavy atom. The van der Waals surface area contributed by atoms with Crippen LogP contribution in [0.1, 0.15) is 16.1 Å². The SMILES string of the molecule is COC(=O)c1ccc(OC)c(Nc2cc(C(F)(F)F)nc(NCCN(C)C)n2)c1. The third-order valence-electron chi connectivity index (χ3n) is 3.74. The molecule has 29 heavy (non-hydrogen) atoms. The van der Waals surface area contributed by atoms with Gasteiger partial charge in [-0.15, -0.1) is 0 Å². The summed E-state index contributed by atoms with van der Waals surface area (Å²) in [6.45, 7) is 0.937. The summed E-state index contributed by atoms with van der Waals surface area (Å²) >= 11 is 0. The molecule has 2 rings (SSSR count). The number of hydrogen-bond donors (Lipinski definition) is 2. The topological polar surface area (TPSA) is 88.6 Å². The van der Waals surface area contributed by atoms with E-state index >= 15 is 0 Å². The van der Waals surface area contributed by atoms with E-state index in [2.05, 4.69) is 25.3 Å². The van der Waals surface area contributed by atoms with Gasteiger partial charge in [0.1, 0.15) is 11.6 Å². The summed E-state index contributed by atoms with van der Waals surface area (Å²) in [6.07, 6.45) is -4.66. The molecule has 0 aliphatic heterocycles. The Hall–Kier alpha value is -3.08. The van der Waals surface area contributed by atoms with Crippen molar-refractivity contribution in [2.45, 2.75) is 6.18 Å². The third-order valence-corrected chi connectivity index (χ3v) is 3.74. The van der Waals surface area contributed by atoms with Crippen LogP contribution >= 0.6 is 0 Å². The Bertz CT molecular complexity index is 859. The van der Waals surface area contributed by atoms with Crippen LogP contribution in [0.5, 0.6) is 5.75 Å². The van der Waals surface area contributed by atoms with Crippen molar-refractivity contribution in [2.24, 2.45) is 0 Å². The van der Waals surface area contributed by atoms with E-state index in [0.717, 1.165) is 6.07 Å². The number of esters is 1. The zero-order chi connectivity index (χ0) is 21.6. The highest BCUT2D eigenvalue weighted by Crippen LogP contribution is 2.32. The van der Waals surface area contributed by atoms with Gasteiger partial charge in [0.15, 0.2) is 5.69 Å². The van der Waals surface area contributed by atoms with Gasteiger partial charge in [-0.1, -0.05) is 0 Å². The number of anilines is 3. The molecule has 2 aromatic rings. The van der Waals surface area contributed by atoms with E-state index in [4.69, 9.17) is 4.74 Å². The Morgan fingerprint density at radius 3 is 2.48 bits per heavy atom. The summed E-state index contributed by atoms with van der Waals surface area (Å²) in [5.74, 6) is -0.570. The molecule has 0 amide bonds. The van der Waals surface area contributed by atoms with Crippen LogP contribution in [-0.2, 0) is 10.9 Å². The molecule has 1 heterocycles. The molecule has 0 aliphatic carbocycles. The Labute approximate surface area is 166 Å². The minimum Gasteiger partial charge on any atom is -0.495 e. The normalized spacial score (nSPS) is 11.3. The number of nitrogens with one attached hydrogen (secondary N) is 2. The minimum atomic E-state index is -4.66. The molecule has 0 unspecified atom stereocenters. The van der Waals surface area contributed by atoms with Crippen molar-refractivity contribution in [1.82, 2.24) is 14.9 Å². The van der Waals surface area contributed by atoms with Crippen molar-refractivity contribution in [2.75, 3.05) is 52.0 Å². The van der Waals surface area contributed by atoms with Gasteiger partial charge in [0.25, 0.3) is 0 Å². The van der Waals surface area contributed by atoms with E-state index < -0.39 is 17.8 Å². The molecule has 0 aliphatic rings. The largest absolute Gasteiger partial charge is 0.495 e. The number of carbonyl (C=O) groups excluding carboxylic acids is 1. The van der Waals surface area contributed by atoms with Crippen LogP contribution in [0.15, 0.2) is 24.3 Å². The van der Waals surface area contributed by atoms with Crippen LogP contribution in [0.3, 0.4) is 0 Å². The first-order chi connectivity index (χ1) is 13.6. The van der Waals surface area contributed by atoms with Crippen LogP contribution in [0.25, 0.3) is 0 Å². The van der Waals surface area contributed by atoms with Crippen molar-refractivity contribution in [1.29, 1.82) is 0 Å². The molecule has 0 saturated heterocycles. The zero-order valence-electron chi connectivity index (χ0n) is 16.4. The molecule has 0 atom stereocenters. The Balaban J connectivity index is 2.39. The minimum absolute atomic E-state index is 0.111. The third kappa shape index (κ3) is 6.21. The first kappa shape index (κ1) is 22.2. The highest BCUT2D eigenvalue weighted by molar-refractivity contribution is 5.91. The van der Waals surface area contributed by atoms with Crippen LogP contribution in [-0.4, -0.2) is 62.2 Å². The van der Waals surface area contributed by atoms with Gasteiger partial charge in [-0.2, -0.15) is 18.2 Å². The summed E-state index contributed by atoms with van der Waals surface area (Å²) in [6, 6.07) is 5.16. The average Bonchev–Trinajstić information content (AvgIpc) is 2.66. The molecule has 1 aromatic carbocycles. The number of methoxy groups -OCH3 is 2. The number of aromatic nitrogens is 2. The number of halogens is 3. The summed E-state index contributed by atoms with van der Waals surface area (Å²) < 4.78 is 49.6. The molecule has 0 spiro atoms. The van der Waals surface area contributed by atoms with Gasteiger partial charge in [0.05, 0.1) is 25.5 Å². The second-order valence-electron chi connectivity index (χ2n) is 6.22. The van der Waals surface area contributed by atoms with E-state index in [1.807, 2.05) is 19.0 Å². The standard InChI is InChI=1S/C18H22F3N5O3/c1-26(2)8-7-22-17-24-14(18(19,20)21)10-15(25-17)23-12-9-11(16(27)29-4)5-6-13(12)28-3/h5-6,9-10H,7-8H2,1-4H3,(H2,22,23,24,25). The maximum Gasteiger partial charge on any atom is 0.433 e. The molecule has 1 aromatic heterocycles. The second kappa shape index (κ2) is 9.41. The lowest BCUT2D eigenvalue weighted by Gasteiger charge is -2.15. The number of alkyl halides is 3. The molecule has 8 nitrogen and oxygen atoms in total. The van der Waals surface area contributed by atoms with Crippen molar-refractivity contribution < 1.29 is 27.4 Å². The molecule has 11 heteroatoms. The van der Waals surface area contributed by atoms with Crippen LogP contribution in [0, 0.1) is 0 Å². The lowest BCUT2D eigenvalue weighted by atomic mass is 10.2. The van der Waals surface area contributed by atoms with E-state index in [1.54, 1.807) is 0 Å². The number of hydrogen-bond acceptors (Lipinski definition) is 8. The first-order valence-electron chi connectivity index (χ1n) is 8.52. The number of ether oxygens (including phenoxy) is 2. The lowest BCUT2D eigenvalue weighted by molar-refractivity contribution is -0.141. The molecule has 158 valence electrons. The lowest BCUT2D eigenvalue weighted by Crippen LogP contribution is -2.22. The van der Waals surface area contributed by atoms with Gasteiger partial charge in [-0.25, -0.2) is 9.78 Å². The number of benzene rings is 1. The second-order valence-corrected chi connectivity index (χ2v) is 6.22. The number of carbonyl (C=O) groups is 1. The molecule has 0 bridgehead atoms. The average molecular weight is 413 g/mol. The fourth-order valence-corrected chi connectivity index (χ4v) is 2.32. The van der Waals surface area contributed by atoms with Crippen molar-refractivity contribution in [3.8, 4) is 5.75 Å². The van der Waals surface area contributed by atoms with Crippen molar-refractivity contribution >= 4 is 23.4 Å². The van der Waals surface area contributed by atoms with Gasteiger partial charge >= 0.3 is 12.1 Å². The van der Waals surface area contributed by atoms with Gasteiger partial charge in [0.2, 0.25) is 5.95 Å². The quantitative estimate of drug-likeness (QED) is 0.639. The predicted octanol–water partition coefficient (Wildman–Crippen LogP) is 3.01. The number of nitrogens with zero attached hydrogens (tertiary/aromatic N) is 3. The van der Waals surface area contributed by atoms with E-state index in [-0.39, 0.29) is 23.0 Å². The number of rotatable bonds is 8. The molecule has 0 saturated carbocycles. The van der Waals surface area contributed by atoms with Gasteiger partial charge in [-0.05, 0) is 32.3 Å². The monoisotopic (exact) mass is 413 g/mol.